The van der Waals surface area contributed by atoms with Crippen LogP contribution >= 0.6 is 0 Å². The lowest BCUT2D eigenvalue weighted by molar-refractivity contribution is 0.283. The molecule has 2 heterocycles. The van der Waals surface area contributed by atoms with Gasteiger partial charge in [-0.2, -0.15) is 0 Å². The number of H-pyrrole nitrogens is 1. The molecule has 0 saturated carbocycles. The predicted molar refractivity (Wildman–Crippen MR) is 65.5 cm³/mol. The number of rotatable bonds is 0. The quantitative estimate of drug-likeness (QED) is 0.690. The van der Waals surface area contributed by atoms with E-state index in [1.54, 1.807) is 5.56 Å². The number of aromatic amines is 1. The molecule has 0 amide bonds. The zero-order chi connectivity index (χ0) is 10.5. The normalized spacial score (nSPS) is 28.0. The third-order valence-corrected chi connectivity index (χ3v) is 4.18. The maximum atomic E-state index is 3.66. The van der Waals surface area contributed by atoms with Crippen LogP contribution in [0.4, 0.5) is 0 Å². The van der Waals surface area contributed by atoms with Gasteiger partial charge < -0.3 is 10.3 Å². The Bertz CT molecular complexity index is 541. The number of hydrogen-bond donors (Lipinski definition) is 2. The van der Waals surface area contributed by atoms with E-state index in [9.17, 15) is 0 Å². The van der Waals surface area contributed by atoms with E-state index < -0.39 is 0 Å². The second-order valence-corrected chi connectivity index (χ2v) is 5.16. The molecule has 0 spiro atoms. The van der Waals surface area contributed by atoms with E-state index in [1.807, 2.05) is 0 Å². The smallest absolute Gasteiger partial charge is 0.0459 e. The van der Waals surface area contributed by atoms with Crippen molar-refractivity contribution in [1.82, 2.24) is 10.3 Å². The van der Waals surface area contributed by atoms with Crippen molar-refractivity contribution < 1.29 is 0 Å². The first-order chi connectivity index (χ1) is 7.92. The van der Waals surface area contributed by atoms with Crippen molar-refractivity contribution in [2.45, 2.75) is 25.3 Å². The van der Waals surface area contributed by atoms with Crippen molar-refractivity contribution in [2.75, 3.05) is 6.54 Å². The molecule has 82 valence electrons. The van der Waals surface area contributed by atoms with E-state index >= 15 is 0 Å². The number of para-hydroxylation sites is 1. The molecule has 1 fully saturated rings. The van der Waals surface area contributed by atoms with E-state index in [4.69, 9.17) is 0 Å². The van der Waals surface area contributed by atoms with E-state index in [-0.39, 0.29) is 0 Å². The number of aromatic nitrogens is 1. The van der Waals surface area contributed by atoms with Gasteiger partial charge in [-0.25, -0.2) is 0 Å². The fourth-order valence-corrected chi connectivity index (χ4v) is 3.47. The largest absolute Gasteiger partial charge is 0.358 e. The zero-order valence-electron chi connectivity index (χ0n) is 9.29. The molecular weight excluding hydrogens is 196 g/mol. The Balaban J connectivity index is 1.98. The second-order valence-electron chi connectivity index (χ2n) is 5.16. The Kier molecular flexibility index (Phi) is 1.71. The first-order valence-electron chi connectivity index (χ1n) is 6.24. The van der Waals surface area contributed by atoms with Crippen LogP contribution in [0.3, 0.4) is 0 Å². The molecule has 2 aromatic rings. The summed E-state index contributed by atoms with van der Waals surface area (Å²) in [6.45, 7) is 1.19. The monoisotopic (exact) mass is 212 g/mol. The van der Waals surface area contributed by atoms with Gasteiger partial charge in [0.25, 0.3) is 0 Å². The molecule has 1 aromatic carbocycles. The maximum Gasteiger partial charge on any atom is 0.0459 e. The third kappa shape index (κ3) is 1.11. The highest BCUT2D eigenvalue weighted by atomic mass is 14.9. The van der Waals surface area contributed by atoms with Crippen molar-refractivity contribution in [2.24, 2.45) is 5.92 Å². The van der Waals surface area contributed by atoms with Crippen LogP contribution in [0.2, 0.25) is 0 Å². The van der Waals surface area contributed by atoms with Crippen molar-refractivity contribution in [3.8, 4) is 0 Å². The lowest BCUT2D eigenvalue weighted by Crippen LogP contribution is -2.36. The fourth-order valence-electron chi connectivity index (χ4n) is 3.47. The lowest BCUT2D eigenvalue weighted by atomic mass is 9.79. The van der Waals surface area contributed by atoms with Crippen molar-refractivity contribution in [1.29, 1.82) is 0 Å². The van der Waals surface area contributed by atoms with E-state index in [0.29, 0.717) is 6.04 Å². The molecule has 2 atom stereocenters. The molecule has 2 N–H and O–H groups in total. The predicted octanol–water partition coefficient (Wildman–Crippen LogP) is 2.76. The Morgan fingerprint density at radius 3 is 3.12 bits per heavy atom. The molecule has 0 unspecified atom stereocenters. The molecule has 0 radical (unpaired) electrons. The van der Waals surface area contributed by atoms with E-state index in [0.717, 1.165) is 5.92 Å². The molecule has 1 saturated heterocycles. The molecule has 2 heteroatoms. The molecule has 2 bridgehead atoms. The lowest BCUT2D eigenvalue weighted by Gasteiger charge is -2.35. The number of nitrogens with one attached hydrogen (secondary N) is 2. The summed E-state index contributed by atoms with van der Waals surface area (Å²) in [7, 11) is 0. The van der Waals surface area contributed by atoms with Gasteiger partial charge in [0.15, 0.2) is 0 Å². The van der Waals surface area contributed by atoms with Gasteiger partial charge in [0.2, 0.25) is 0 Å². The van der Waals surface area contributed by atoms with Crippen LogP contribution in [0.25, 0.3) is 10.9 Å². The highest BCUT2D eigenvalue weighted by Gasteiger charge is 2.32. The highest BCUT2D eigenvalue weighted by Crippen LogP contribution is 2.40. The van der Waals surface area contributed by atoms with Crippen LogP contribution in [0.15, 0.2) is 24.3 Å². The maximum absolute atomic E-state index is 3.66. The summed E-state index contributed by atoms with van der Waals surface area (Å²) >= 11 is 0. The molecule has 1 aliphatic carbocycles. The van der Waals surface area contributed by atoms with Gasteiger partial charge in [0.1, 0.15) is 0 Å². The number of piperidine rings is 1. The van der Waals surface area contributed by atoms with Gasteiger partial charge in [-0.3, -0.25) is 0 Å². The van der Waals surface area contributed by atoms with Crippen molar-refractivity contribution in [3.05, 3.63) is 35.5 Å². The first kappa shape index (κ1) is 8.82. The van der Waals surface area contributed by atoms with Gasteiger partial charge in [-0.1, -0.05) is 18.2 Å². The summed E-state index contributed by atoms with van der Waals surface area (Å²) in [5.41, 5.74) is 4.34. The molecule has 1 aromatic heterocycles. The van der Waals surface area contributed by atoms with Gasteiger partial charge >= 0.3 is 0 Å². The van der Waals surface area contributed by atoms with E-state index in [2.05, 4.69) is 34.6 Å². The number of benzene rings is 1. The Morgan fingerprint density at radius 2 is 2.12 bits per heavy atom. The molecule has 2 nitrogen and oxygen atoms in total. The van der Waals surface area contributed by atoms with Gasteiger partial charge in [-0.15, -0.1) is 0 Å². The van der Waals surface area contributed by atoms with Crippen LogP contribution in [0, 0.1) is 5.92 Å². The summed E-state index contributed by atoms with van der Waals surface area (Å²) in [6, 6.07) is 9.30. The number of fused-ring (bicyclic) bond motifs is 6. The number of hydrogen-bond acceptors (Lipinski definition) is 1. The van der Waals surface area contributed by atoms with Crippen LogP contribution < -0.4 is 5.32 Å². The average Bonchev–Trinajstić information content (AvgIpc) is 2.67. The minimum atomic E-state index is 0.596. The summed E-state index contributed by atoms with van der Waals surface area (Å²) in [6.07, 6.45) is 3.92. The highest BCUT2D eigenvalue weighted by molar-refractivity contribution is 5.85. The van der Waals surface area contributed by atoms with Gasteiger partial charge in [0, 0.05) is 22.6 Å². The first-order valence-corrected chi connectivity index (χ1v) is 6.24. The third-order valence-electron chi connectivity index (χ3n) is 4.18. The molecule has 16 heavy (non-hydrogen) atoms. The van der Waals surface area contributed by atoms with Crippen LogP contribution in [0.5, 0.6) is 0 Å². The van der Waals surface area contributed by atoms with E-state index in [1.165, 1.54) is 42.4 Å². The van der Waals surface area contributed by atoms with Crippen LogP contribution in [-0.2, 0) is 6.42 Å². The summed E-state index contributed by atoms with van der Waals surface area (Å²) in [5.74, 6) is 0.895. The SMILES string of the molecule is c1ccc2c3c([nH]c2c1)C[C@@H]1CCN[C@H]3C1. The van der Waals surface area contributed by atoms with Gasteiger partial charge in [0.05, 0.1) is 0 Å². The van der Waals surface area contributed by atoms with Gasteiger partial charge in [-0.05, 0) is 43.4 Å². The van der Waals surface area contributed by atoms with Crippen LogP contribution in [-0.4, -0.2) is 11.5 Å². The minimum Gasteiger partial charge on any atom is -0.358 e. The molecule has 2 aliphatic rings. The Labute approximate surface area is 95.1 Å². The zero-order valence-corrected chi connectivity index (χ0v) is 9.29. The van der Waals surface area contributed by atoms with Crippen molar-refractivity contribution in [3.63, 3.8) is 0 Å². The minimum absolute atomic E-state index is 0.596. The van der Waals surface area contributed by atoms with Crippen molar-refractivity contribution >= 4 is 10.9 Å². The molecule has 1 aliphatic heterocycles. The standard InChI is InChI=1S/C14H16N2/c1-2-4-11-10(3-1)14-12-7-9(5-6-15-12)8-13(14)16-11/h1-4,9,12,15-16H,5-8H2/t9-,12+/m1/s1. The summed E-state index contributed by atoms with van der Waals surface area (Å²) in [4.78, 5) is 3.60. The summed E-state index contributed by atoms with van der Waals surface area (Å²) < 4.78 is 0. The fraction of sp³-hybridized carbons (Fsp3) is 0.429. The average molecular weight is 212 g/mol. The molecular formula is C14H16N2. The van der Waals surface area contributed by atoms with Crippen LogP contribution in [0.1, 0.15) is 30.1 Å². The Hall–Kier alpha value is -1.28. The topological polar surface area (TPSA) is 27.8 Å². The second kappa shape index (κ2) is 3.11. The Morgan fingerprint density at radius 1 is 1.19 bits per heavy atom. The summed E-state index contributed by atoms with van der Waals surface area (Å²) in [5, 5.41) is 5.09. The molecule has 4 rings (SSSR count).